The van der Waals surface area contributed by atoms with Crippen LogP contribution in [0.1, 0.15) is 59.1 Å². The quantitative estimate of drug-likeness (QED) is 0.563. The van der Waals surface area contributed by atoms with Crippen molar-refractivity contribution in [1.82, 2.24) is 4.90 Å². The first kappa shape index (κ1) is 24.2. The van der Waals surface area contributed by atoms with Gasteiger partial charge in [-0.2, -0.15) is 5.26 Å². The van der Waals surface area contributed by atoms with Crippen LogP contribution in [0, 0.1) is 23.2 Å². The number of carbonyl (C=O) groups is 2. The number of nitrogens with zero attached hydrogens (tertiary/aromatic N) is 2. The topological polar surface area (TPSA) is 79.6 Å². The third-order valence-corrected chi connectivity index (χ3v) is 5.52. The first-order valence-electron chi connectivity index (χ1n) is 10.2. The van der Waals surface area contributed by atoms with E-state index in [0.717, 1.165) is 10.0 Å². The van der Waals surface area contributed by atoms with Crippen LogP contribution in [-0.4, -0.2) is 41.3 Å². The number of ether oxygens (including phenoxy) is 2. The zero-order valence-electron chi connectivity index (χ0n) is 18.6. The molecule has 30 heavy (non-hydrogen) atoms. The predicted octanol–water partition coefficient (Wildman–Crippen LogP) is 5.08. The lowest BCUT2D eigenvalue weighted by molar-refractivity contribution is -0.161. The summed E-state index contributed by atoms with van der Waals surface area (Å²) in [4.78, 5) is 27.2. The summed E-state index contributed by atoms with van der Waals surface area (Å²) in [6.07, 6.45) is 0.818. The summed E-state index contributed by atoms with van der Waals surface area (Å²) in [6, 6.07) is 7.47. The van der Waals surface area contributed by atoms with Crippen LogP contribution in [0.5, 0.6) is 0 Å². The Labute approximate surface area is 187 Å². The van der Waals surface area contributed by atoms with E-state index in [9.17, 15) is 9.59 Å². The molecule has 2 atom stereocenters. The SMILES string of the molecule is CC(C)(C)OC(=O)[C@@H](Cc1ccc(C#N)cc1Br)[C@H]1CCN(C(=O)OC(C)(C)C)C1. The smallest absolute Gasteiger partial charge is 0.410 e. The minimum atomic E-state index is -0.597. The second kappa shape index (κ2) is 9.38. The van der Waals surface area contributed by atoms with Crippen molar-refractivity contribution in [3.8, 4) is 6.07 Å². The third kappa shape index (κ3) is 7.02. The maximum absolute atomic E-state index is 13.1. The number of likely N-dealkylation sites (tertiary alicyclic amines) is 1. The highest BCUT2D eigenvalue weighted by molar-refractivity contribution is 9.10. The van der Waals surface area contributed by atoms with Crippen molar-refractivity contribution >= 4 is 28.0 Å². The molecule has 6 nitrogen and oxygen atoms in total. The van der Waals surface area contributed by atoms with E-state index in [1.165, 1.54) is 0 Å². The number of benzene rings is 1. The summed E-state index contributed by atoms with van der Waals surface area (Å²) in [5, 5.41) is 9.09. The number of nitriles is 1. The molecule has 1 aromatic carbocycles. The Morgan fingerprint density at radius 1 is 1.20 bits per heavy atom. The summed E-state index contributed by atoms with van der Waals surface area (Å²) in [7, 11) is 0. The molecule has 0 spiro atoms. The van der Waals surface area contributed by atoms with Crippen LogP contribution in [0.15, 0.2) is 22.7 Å². The Morgan fingerprint density at radius 2 is 1.83 bits per heavy atom. The van der Waals surface area contributed by atoms with E-state index in [0.29, 0.717) is 31.5 Å². The van der Waals surface area contributed by atoms with E-state index in [1.54, 1.807) is 17.0 Å². The average Bonchev–Trinajstić information content (AvgIpc) is 3.07. The predicted molar refractivity (Wildman–Crippen MR) is 118 cm³/mol. The average molecular weight is 479 g/mol. The summed E-state index contributed by atoms with van der Waals surface area (Å²) in [5.41, 5.74) is 0.324. The molecule has 1 heterocycles. The molecular formula is C23H31BrN2O4. The van der Waals surface area contributed by atoms with Crippen LogP contribution < -0.4 is 0 Å². The highest BCUT2D eigenvalue weighted by Gasteiger charge is 2.39. The minimum absolute atomic E-state index is 0.0325. The second-order valence-corrected chi connectivity index (χ2v) is 10.6. The zero-order valence-corrected chi connectivity index (χ0v) is 20.2. The molecular weight excluding hydrogens is 448 g/mol. The molecule has 7 heteroatoms. The molecule has 1 aromatic rings. The van der Waals surface area contributed by atoms with Crippen LogP contribution in [0.3, 0.4) is 0 Å². The Bertz CT molecular complexity index is 833. The molecule has 0 bridgehead atoms. The standard InChI is InChI=1S/C23H31BrN2O4/c1-22(2,3)29-20(27)18(12-16-8-7-15(13-25)11-19(16)24)17-9-10-26(14-17)21(28)30-23(4,5)6/h7-8,11,17-18H,9-10,12,14H2,1-6H3/t17-,18-/m0/s1. The van der Waals surface area contributed by atoms with Gasteiger partial charge in [0, 0.05) is 17.6 Å². The molecule has 1 aliphatic rings. The number of hydrogen-bond donors (Lipinski definition) is 0. The Balaban J connectivity index is 2.21. The molecule has 1 fully saturated rings. The number of hydrogen-bond acceptors (Lipinski definition) is 5. The van der Waals surface area contributed by atoms with E-state index >= 15 is 0 Å². The van der Waals surface area contributed by atoms with Crippen molar-refractivity contribution < 1.29 is 19.1 Å². The lowest BCUT2D eigenvalue weighted by Gasteiger charge is -2.28. The molecule has 0 saturated carbocycles. The van der Waals surface area contributed by atoms with E-state index in [1.807, 2.05) is 47.6 Å². The number of carbonyl (C=O) groups excluding carboxylic acids is 2. The monoisotopic (exact) mass is 478 g/mol. The van der Waals surface area contributed by atoms with Crippen LogP contribution in [-0.2, 0) is 20.7 Å². The van der Waals surface area contributed by atoms with Crippen molar-refractivity contribution in [3.63, 3.8) is 0 Å². The molecule has 2 rings (SSSR count). The van der Waals surface area contributed by atoms with Gasteiger partial charge in [0.2, 0.25) is 0 Å². The summed E-state index contributed by atoms with van der Waals surface area (Å²) in [5.74, 6) is -0.703. The first-order chi connectivity index (χ1) is 13.8. The lowest BCUT2D eigenvalue weighted by Crippen LogP contribution is -2.38. The number of esters is 1. The molecule has 1 saturated heterocycles. The van der Waals surface area contributed by atoms with E-state index in [4.69, 9.17) is 14.7 Å². The van der Waals surface area contributed by atoms with E-state index < -0.39 is 17.1 Å². The number of amides is 1. The molecule has 1 amide bonds. The molecule has 0 unspecified atom stereocenters. The summed E-state index contributed by atoms with van der Waals surface area (Å²) < 4.78 is 12.0. The highest BCUT2D eigenvalue weighted by atomic mass is 79.9. The lowest BCUT2D eigenvalue weighted by atomic mass is 9.85. The van der Waals surface area contributed by atoms with Gasteiger partial charge in [-0.15, -0.1) is 0 Å². The fraction of sp³-hybridized carbons (Fsp3) is 0.609. The fourth-order valence-electron chi connectivity index (χ4n) is 3.45. The van der Waals surface area contributed by atoms with Gasteiger partial charge in [-0.05, 0) is 78.0 Å². The molecule has 164 valence electrons. The van der Waals surface area contributed by atoms with Gasteiger partial charge in [-0.3, -0.25) is 4.79 Å². The second-order valence-electron chi connectivity index (χ2n) is 9.74. The van der Waals surface area contributed by atoms with Crippen molar-refractivity contribution in [1.29, 1.82) is 5.26 Å². The largest absolute Gasteiger partial charge is 0.460 e. The Kier molecular flexibility index (Phi) is 7.57. The molecule has 0 aliphatic carbocycles. The summed E-state index contributed by atoms with van der Waals surface area (Å²) >= 11 is 3.52. The van der Waals surface area contributed by atoms with Crippen LogP contribution in [0.25, 0.3) is 0 Å². The van der Waals surface area contributed by atoms with Gasteiger partial charge in [-0.1, -0.05) is 22.0 Å². The highest BCUT2D eigenvalue weighted by Crippen LogP contribution is 2.32. The van der Waals surface area contributed by atoms with Crippen LogP contribution >= 0.6 is 15.9 Å². The number of halogens is 1. The van der Waals surface area contributed by atoms with Crippen molar-refractivity contribution in [3.05, 3.63) is 33.8 Å². The van der Waals surface area contributed by atoms with Gasteiger partial charge in [0.25, 0.3) is 0 Å². The van der Waals surface area contributed by atoms with Crippen molar-refractivity contribution in [2.24, 2.45) is 11.8 Å². The third-order valence-electron chi connectivity index (χ3n) is 4.78. The van der Waals surface area contributed by atoms with Gasteiger partial charge in [0.1, 0.15) is 11.2 Å². The molecule has 0 N–H and O–H groups in total. The maximum Gasteiger partial charge on any atom is 0.410 e. The fourth-order valence-corrected chi connectivity index (χ4v) is 3.99. The van der Waals surface area contributed by atoms with Gasteiger partial charge in [-0.25, -0.2) is 4.79 Å². The van der Waals surface area contributed by atoms with Gasteiger partial charge in [0.05, 0.1) is 17.6 Å². The van der Waals surface area contributed by atoms with Crippen molar-refractivity contribution in [2.75, 3.05) is 13.1 Å². The van der Waals surface area contributed by atoms with Crippen molar-refractivity contribution in [2.45, 2.75) is 65.6 Å². The molecule has 0 aromatic heterocycles. The van der Waals surface area contributed by atoms with Gasteiger partial charge >= 0.3 is 12.1 Å². The first-order valence-corrected chi connectivity index (χ1v) is 11.0. The number of rotatable bonds is 4. The Morgan fingerprint density at radius 3 is 2.37 bits per heavy atom. The van der Waals surface area contributed by atoms with Crippen LogP contribution in [0.2, 0.25) is 0 Å². The maximum atomic E-state index is 13.1. The van der Waals surface area contributed by atoms with Gasteiger partial charge in [0.15, 0.2) is 0 Å². The van der Waals surface area contributed by atoms with E-state index in [-0.39, 0.29) is 18.0 Å². The molecule has 1 aliphatic heterocycles. The summed E-state index contributed by atoms with van der Waals surface area (Å²) in [6.45, 7) is 12.1. The molecule has 0 radical (unpaired) electrons. The van der Waals surface area contributed by atoms with Gasteiger partial charge < -0.3 is 14.4 Å². The Hall–Kier alpha value is -2.07. The minimum Gasteiger partial charge on any atom is -0.460 e. The zero-order chi connectivity index (χ0) is 22.7. The normalized spacial score (nSPS) is 17.9. The van der Waals surface area contributed by atoms with E-state index in [2.05, 4.69) is 22.0 Å². The van der Waals surface area contributed by atoms with Crippen LogP contribution in [0.4, 0.5) is 4.79 Å².